The van der Waals surface area contributed by atoms with E-state index in [2.05, 4.69) is 20.7 Å². The number of hydrogen-bond donors (Lipinski definition) is 2. The van der Waals surface area contributed by atoms with Gasteiger partial charge in [-0.3, -0.25) is 9.59 Å². The molecule has 1 aromatic carbocycles. The normalized spacial score (nSPS) is 15.3. The summed E-state index contributed by atoms with van der Waals surface area (Å²) in [5.41, 5.74) is 1.32. The SMILES string of the molecule is Cc1ccc(C=Nn2[nH]nc(C(=O)N3CCNCC3)c2=O)cc1. The van der Waals surface area contributed by atoms with E-state index in [1.165, 1.54) is 6.21 Å². The highest BCUT2D eigenvalue weighted by molar-refractivity contribution is 5.92. The van der Waals surface area contributed by atoms with E-state index in [0.29, 0.717) is 13.1 Å². The predicted molar refractivity (Wildman–Crippen MR) is 85.8 cm³/mol. The number of carbonyl (C=O) groups is 1. The van der Waals surface area contributed by atoms with Gasteiger partial charge in [-0.25, -0.2) is 0 Å². The maximum atomic E-state index is 12.3. The molecule has 23 heavy (non-hydrogen) atoms. The molecule has 0 unspecified atom stereocenters. The molecule has 8 heteroatoms. The van der Waals surface area contributed by atoms with Crippen LogP contribution < -0.4 is 10.9 Å². The van der Waals surface area contributed by atoms with Crippen molar-refractivity contribution >= 4 is 12.1 Å². The predicted octanol–water partition coefficient (Wildman–Crippen LogP) is -0.193. The van der Waals surface area contributed by atoms with Gasteiger partial charge >= 0.3 is 5.56 Å². The number of aromatic nitrogens is 3. The first-order valence-electron chi connectivity index (χ1n) is 7.43. The number of nitrogens with zero attached hydrogens (tertiary/aromatic N) is 4. The zero-order chi connectivity index (χ0) is 16.2. The molecule has 1 saturated heterocycles. The average Bonchev–Trinajstić information content (AvgIpc) is 2.95. The van der Waals surface area contributed by atoms with Gasteiger partial charge in [-0.15, -0.1) is 9.89 Å². The number of benzene rings is 1. The Balaban J connectivity index is 1.77. The first-order chi connectivity index (χ1) is 11.1. The molecule has 1 aliphatic rings. The molecular formula is C15H18N6O2. The molecule has 1 fully saturated rings. The van der Waals surface area contributed by atoms with Crippen molar-refractivity contribution in [1.82, 2.24) is 25.3 Å². The van der Waals surface area contributed by atoms with Crippen LogP contribution in [0.3, 0.4) is 0 Å². The summed E-state index contributed by atoms with van der Waals surface area (Å²) < 4.78 is 0. The van der Waals surface area contributed by atoms with E-state index in [0.717, 1.165) is 29.0 Å². The Labute approximate surface area is 132 Å². The van der Waals surface area contributed by atoms with Crippen LogP contribution in [0.25, 0.3) is 0 Å². The minimum Gasteiger partial charge on any atom is -0.335 e. The number of nitrogens with one attached hydrogen (secondary N) is 2. The molecule has 0 atom stereocenters. The fourth-order valence-corrected chi connectivity index (χ4v) is 2.30. The van der Waals surface area contributed by atoms with Gasteiger partial charge in [0.25, 0.3) is 5.91 Å². The van der Waals surface area contributed by atoms with Gasteiger partial charge in [0.2, 0.25) is 5.69 Å². The third-order valence-electron chi connectivity index (χ3n) is 3.66. The molecule has 0 radical (unpaired) electrons. The van der Waals surface area contributed by atoms with Crippen LogP contribution in [0.4, 0.5) is 0 Å². The van der Waals surface area contributed by atoms with Gasteiger partial charge in [0.15, 0.2) is 0 Å². The summed E-state index contributed by atoms with van der Waals surface area (Å²) >= 11 is 0. The van der Waals surface area contributed by atoms with E-state index in [1.807, 2.05) is 31.2 Å². The summed E-state index contributed by atoms with van der Waals surface area (Å²) in [5, 5.41) is 13.5. The first kappa shape index (κ1) is 15.2. The molecule has 1 amide bonds. The minimum absolute atomic E-state index is 0.132. The van der Waals surface area contributed by atoms with E-state index in [-0.39, 0.29) is 11.6 Å². The lowest BCUT2D eigenvalue weighted by Gasteiger charge is -2.26. The number of hydrogen-bond acceptors (Lipinski definition) is 5. The van der Waals surface area contributed by atoms with Crippen LogP contribution in [0.1, 0.15) is 21.6 Å². The summed E-state index contributed by atoms with van der Waals surface area (Å²) in [6.07, 6.45) is 1.54. The molecule has 8 nitrogen and oxygen atoms in total. The number of H-pyrrole nitrogens is 1. The Morgan fingerprint density at radius 2 is 1.96 bits per heavy atom. The van der Waals surface area contributed by atoms with Gasteiger partial charge in [-0.1, -0.05) is 29.8 Å². The summed E-state index contributed by atoms with van der Waals surface area (Å²) in [7, 11) is 0. The van der Waals surface area contributed by atoms with Gasteiger partial charge in [0.05, 0.1) is 6.21 Å². The number of piperazine rings is 1. The standard InChI is InChI=1S/C15H18N6O2/c1-11-2-4-12(5-3-11)10-17-21-15(23)13(18-19-21)14(22)20-8-6-16-7-9-20/h2-5,10,16,19H,6-9H2,1H3. The maximum Gasteiger partial charge on any atom is 0.320 e. The Hall–Kier alpha value is -2.74. The number of carbonyl (C=O) groups excluding carboxylic acids is 1. The minimum atomic E-state index is -0.545. The summed E-state index contributed by atoms with van der Waals surface area (Å²) in [4.78, 5) is 27.1. The topological polar surface area (TPSA) is 95.4 Å². The molecular weight excluding hydrogens is 296 g/mol. The number of amides is 1. The summed E-state index contributed by atoms with van der Waals surface area (Å²) in [6, 6.07) is 7.70. The molecule has 1 aliphatic heterocycles. The van der Waals surface area contributed by atoms with Crippen LogP contribution in [-0.2, 0) is 0 Å². The van der Waals surface area contributed by atoms with Crippen molar-refractivity contribution in [2.75, 3.05) is 26.2 Å². The monoisotopic (exact) mass is 314 g/mol. The highest BCUT2D eigenvalue weighted by atomic mass is 16.2. The Kier molecular flexibility index (Phi) is 4.33. The largest absolute Gasteiger partial charge is 0.335 e. The second-order valence-electron chi connectivity index (χ2n) is 5.37. The van der Waals surface area contributed by atoms with E-state index >= 15 is 0 Å². The van der Waals surface area contributed by atoms with Crippen LogP contribution in [-0.4, -0.2) is 58.3 Å². The third-order valence-corrected chi connectivity index (χ3v) is 3.66. The first-order valence-corrected chi connectivity index (χ1v) is 7.43. The molecule has 2 heterocycles. The van der Waals surface area contributed by atoms with Gasteiger partial charge in [-0.05, 0) is 12.5 Å². The number of rotatable bonds is 3. The Morgan fingerprint density at radius 1 is 1.26 bits per heavy atom. The fraction of sp³-hybridized carbons (Fsp3) is 0.333. The van der Waals surface area contributed by atoms with Gasteiger partial charge in [-0.2, -0.15) is 10.3 Å². The van der Waals surface area contributed by atoms with Crippen LogP contribution in [0.15, 0.2) is 34.2 Å². The zero-order valence-electron chi connectivity index (χ0n) is 12.8. The average molecular weight is 314 g/mol. The molecule has 0 aliphatic carbocycles. The molecule has 120 valence electrons. The highest BCUT2D eigenvalue weighted by Gasteiger charge is 2.24. The van der Waals surface area contributed by atoms with Gasteiger partial charge < -0.3 is 10.2 Å². The Bertz CT molecular complexity index is 768. The van der Waals surface area contributed by atoms with Crippen LogP contribution in [0.2, 0.25) is 0 Å². The van der Waals surface area contributed by atoms with Crippen molar-refractivity contribution in [2.24, 2.45) is 5.10 Å². The molecule has 1 aromatic heterocycles. The van der Waals surface area contributed by atoms with E-state index in [4.69, 9.17) is 0 Å². The van der Waals surface area contributed by atoms with Crippen molar-refractivity contribution < 1.29 is 4.79 Å². The smallest absolute Gasteiger partial charge is 0.320 e. The van der Waals surface area contributed by atoms with E-state index in [9.17, 15) is 9.59 Å². The molecule has 3 rings (SSSR count). The van der Waals surface area contributed by atoms with Gasteiger partial charge in [0, 0.05) is 26.2 Å². The molecule has 0 saturated carbocycles. The molecule has 2 N–H and O–H groups in total. The summed E-state index contributed by atoms with van der Waals surface area (Å²) in [6.45, 7) is 4.57. The Morgan fingerprint density at radius 3 is 2.65 bits per heavy atom. The second kappa shape index (κ2) is 6.57. The van der Waals surface area contributed by atoms with Crippen molar-refractivity contribution in [1.29, 1.82) is 0 Å². The molecule has 0 bridgehead atoms. The second-order valence-corrected chi connectivity index (χ2v) is 5.37. The van der Waals surface area contributed by atoms with Crippen LogP contribution >= 0.6 is 0 Å². The lowest BCUT2D eigenvalue weighted by Crippen LogP contribution is -2.47. The van der Waals surface area contributed by atoms with Crippen molar-refractivity contribution in [3.63, 3.8) is 0 Å². The number of aryl methyl sites for hydroxylation is 1. The van der Waals surface area contributed by atoms with Crippen molar-refractivity contribution in [2.45, 2.75) is 6.92 Å². The van der Waals surface area contributed by atoms with Crippen molar-refractivity contribution in [3.8, 4) is 0 Å². The fourth-order valence-electron chi connectivity index (χ4n) is 2.30. The number of aromatic amines is 1. The highest BCUT2D eigenvalue weighted by Crippen LogP contribution is 2.01. The zero-order valence-corrected chi connectivity index (χ0v) is 12.8. The van der Waals surface area contributed by atoms with E-state index < -0.39 is 5.56 Å². The van der Waals surface area contributed by atoms with Crippen LogP contribution in [0.5, 0.6) is 0 Å². The maximum absolute atomic E-state index is 12.3. The third kappa shape index (κ3) is 3.37. The molecule has 2 aromatic rings. The lowest BCUT2D eigenvalue weighted by molar-refractivity contribution is 0.0728. The quantitative estimate of drug-likeness (QED) is 0.768. The van der Waals surface area contributed by atoms with Gasteiger partial charge in [0.1, 0.15) is 0 Å². The van der Waals surface area contributed by atoms with Crippen LogP contribution in [0, 0.1) is 6.92 Å². The summed E-state index contributed by atoms with van der Waals surface area (Å²) in [5.74, 6) is -0.364. The van der Waals surface area contributed by atoms with E-state index in [1.54, 1.807) is 4.90 Å². The van der Waals surface area contributed by atoms with Crippen molar-refractivity contribution in [3.05, 3.63) is 51.4 Å². The molecule has 0 spiro atoms. The lowest BCUT2D eigenvalue weighted by atomic mass is 10.2.